The fourth-order valence-corrected chi connectivity index (χ4v) is 1.78. The van der Waals surface area contributed by atoms with Gasteiger partial charge < -0.3 is 4.74 Å². The lowest BCUT2D eigenvalue weighted by Crippen LogP contribution is -2.03. The van der Waals surface area contributed by atoms with Gasteiger partial charge in [-0.3, -0.25) is 0 Å². The van der Waals surface area contributed by atoms with E-state index in [-0.39, 0.29) is 6.61 Å². The second-order valence-corrected chi connectivity index (χ2v) is 4.10. The number of carbonyl (C=O) groups excluding carboxylic acids is 1. The second kappa shape index (κ2) is 5.12. The molecule has 0 saturated heterocycles. The van der Waals surface area contributed by atoms with Crippen LogP contribution >= 0.6 is 22.9 Å². The van der Waals surface area contributed by atoms with Gasteiger partial charge in [-0.1, -0.05) is 11.6 Å². The van der Waals surface area contributed by atoms with E-state index in [1.807, 2.05) is 0 Å². The fourth-order valence-electron chi connectivity index (χ4n) is 0.790. The molecule has 1 aromatic heterocycles. The van der Waals surface area contributed by atoms with Crippen LogP contribution in [0.4, 0.5) is 4.39 Å². The van der Waals surface area contributed by atoms with Gasteiger partial charge in [0.25, 0.3) is 0 Å². The standard InChI is InChI=1S/C9H8ClFO2S/c1-2-13-9(12)7(11)5-6-3-4-8(10)14-6/h3-5H,2H2,1H3/b7-5+. The molecule has 0 saturated carbocycles. The zero-order valence-corrected chi connectivity index (χ0v) is 8.99. The summed E-state index contributed by atoms with van der Waals surface area (Å²) in [6, 6.07) is 3.27. The molecule has 0 spiro atoms. The Kier molecular flexibility index (Phi) is 4.10. The highest BCUT2D eigenvalue weighted by Gasteiger charge is 2.09. The average Bonchev–Trinajstić information content (AvgIpc) is 2.51. The molecule has 0 fully saturated rings. The fraction of sp³-hybridized carbons (Fsp3) is 0.222. The topological polar surface area (TPSA) is 26.3 Å². The van der Waals surface area contributed by atoms with Crippen LogP contribution in [-0.2, 0) is 9.53 Å². The van der Waals surface area contributed by atoms with Crippen molar-refractivity contribution in [3.05, 3.63) is 27.2 Å². The molecule has 0 aromatic carbocycles. The van der Waals surface area contributed by atoms with Gasteiger partial charge in [0.1, 0.15) is 0 Å². The molecule has 2 nitrogen and oxygen atoms in total. The van der Waals surface area contributed by atoms with Gasteiger partial charge in [0.2, 0.25) is 5.83 Å². The van der Waals surface area contributed by atoms with Crippen LogP contribution in [0.5, 0.6) is 0 Å². The molecule has 0 bridgehead atoms. The molecule has 1 aromatic rings. The second-order valence-electron chi connectivity index (χ2n) is 2.35. The molecule has 0 aliphatic heterocycles. The summed E-state index contributed by atoms with van der Waals surface area (Å²) in [5, 5.41) is 0. The summed E-state index contributed by atoms with van der Waals surface area (Å²) in [6.07, 6.45) is 1.11. The van der Waals surface area contributed by atoms with E-state index in [0.717, 1.165) is 6.08 Å². The maximum absolute atomic E-state index is 13.0. The Morgan fingerprint density at radius 1 is 1.71 bits per heavy atom. The van der Waals surface area contributed by atoms with Gasteiger partial charge in [0.15, 0.2) is 0 Å². The number of thiophene rings is 1. The monoisotopic (exact) mass is 234 g/mol. The van der Waals surface area contributed by atoms with E-state index in [4.69, 9.17) is 11.6 Å². The van der Waals surface area contributed by atoms with Gasteiger partial charge in [-0.15, -0.1) is 11.3 Å². The van der Waals surface area contributed by atoms with Gasteiger partial charge in [-0.25, -0.2) is 4.79 Å². The number of esters is 1. The molecule has 1 rings (SSSR count). The normalized spacial score (nSPS) is 11.5. The molecule has 0 aliphatic rings. The summed E-state index contributed by atoms with van der Waals surface area (Å²) in [6.45, 7) is 1.78. The highest BCUT2D eigenvalue weighted by molar-refractivity contribution is 7.17. The van der Waals surface area contributed by atoms with Gasteiger partial charge >= 0.3 is 5.97 Å². The van der Waals surface area contributed by atoms with Crippen LogP contribution in [0.3, 0.4) is 0 Å². The van der Waals surface area contributed by atoms with Crippen molar-refractivity contribution >= 4 is 35.0 Å². The largest absolute Gasteiger partial charge is 0.461 e. The third-order valence-electron chi connectivity index (χ3n) is 1.33. The first-order valence-corrected chi connectivity index (χ1v) is 5.12. The number of hydrogen-bond acceptors (Lipinski definition) is 3. The zero-order chi connectivity index (χ0) is 10.6. The van der Waals surface area contributed by atoms with Crippen LogP contribution in [0.25, 0.3) is 6.08 Å². The maximum Gasteiger partial charge on any atom is 0.367 e. The number of hydrogen-bond donors (Lipinski definition) is 0. The molecule has 1 heterocycles. The van der Waals surface area contributed by atoms with Crippen LogP contribution in [0.15, 0.2) is 18.0 Å². The number of ether oxygens (including phenoxy) is 1. The lowest BCUT2D eigenvalue weighted by molar-refractivity contribution is -0.140. The van der Waals surface area contributed by atoms with E-state index < -0.39 is 11.8 Å². The van der Waals surface area contributed by atoms with Gasteiger partial charge in [0.05, 0.1) is 10.9 Å². The van der Waals surface area contributed by atoms with Gasteiger partial charge in [0, 0.05) is 4.88 Å². The van der Waals surface area contributed by atoms with E-state index in [1.54, 1.807) is 19.1 Å². The molecule has 5 heteroatoms. The molecule has 0 radical (unpaired) electrons. The molecule has 0 N–H and O–H groups in total. The maximum atomic E-state index is 13.0. The molecular formula is C9H8ClFO2S. The molecular weight excluding hydrogens is 227 g/mol. The first kappa shape index (κ1) is 11.2. The quantitative estimate of drug-likeness (QED) is 0.593. The summed E-state index contributed by atoms with van der Waals surface area (Å²) in [4.78, 5) is 11.4. The van der Waals surface area contributed by atoms with Crippen molar-refractivity contribution in [2.75, 3.05) is 6.61 Å². The predicted molar refractivity (Wildman–Crippen MR) is 55.0 cm³/mol. The van der Waals surface area contributed by atoms with Crippen molar-refractivity contribution in [2.45, 2.75) is 6.92 Å². The minimum absolute atomic E-state index is 0.158. The van der Waals surface area contributed by atoms with E-state index >= 15 is 0 Å². The summed E-state index contributed by atoms with van der Waals surface area (Å²) < 4.78 is 18.0. The molecule has 0 aliphatic carbocycles. The summed E-state index contributed by atoms with van der Waals surface area (Å²) >= 11 is 6.83. The average molecular weight is 235 g/mol. The van der Waals surface area contributed by atoms with Crippen molar-refractivity contribution in [1.29, 1.82) is 0 Å². The summed E-state index contributed by atoms with van der Waals surface area (Å²) in [5.74, 6) is -1.86. The van der Waals surface area contributed by atoms with Crippen LogP contribution < -0.4 is 0 Å². The Labute approximate surface area is 90.0 Å². The van der Waals surface area contributed by atoms with Crippen molar-refractivity contribution in [2.24, 2.45) is 0 Å². The van der Waals surface area contributed by atoms with Crippen LogP contribution in [0.1, 0.15) is 11.8 Å². The first-order chi connectivity index (χ1) is 6.63. The third kappa shape index (κ3) is 3.12. The van der Waals surface area contributed by atoms with Gasteiger partial charge in [-0.05, 0) is 25.1 Å². The van der Waals surface area contributed by atoms with Crippen molar-refractivity contribution in [1.82, 2.24) is 0 Å². The number of rotatable bonds is 3. The number of carbonyl (C=O) groups is 1. The summed E-state index contributed by atoms with van der Waals surface area (Å²) in [5.41, 5.74) is 0. The van der Waals surface area contributed by atoms with Crippen LogP contribution in [-0.4, -0.2) is 12.6 Å². The number of halogens is 2. The minimum atomic E-state index is -0.947. The van der Waals surface area contributed by atoms with E-state index in [1.165, 1.54) is 11.3 Å². The molecule has 0 amide bonds. The van der Waals surface area contributed by atoms with Crippen LogP contribution in [0.2, 0.25) is 4.34 Å². The van der Waals surface area contributed by atoms with Crippen LogP contribution in [0, 0.1) is 0 Å². The van der Waals surface area contributed by atoms with Crippen molar-refractivity contribution in [3.63, 3.8) is 0 Å². The highest BCUT2D eigenvalue weighted by Crippen LogP contribution is 2.23. The SMILES string of the molecule is CCOC(=O)/C(F)=C\c1ccc(Cl)s1. The lowest BCUT2D eigenvalue weighted by atomic mass is 10.4. The Bertz CT molecular complexity index is 359. The van der Waals surface area contributed by atoms with E-state index in [9.17, 15) is 9.18 Å². The Morgan fingerprint density at radius 3 is 2.93 bits per heavy atom. The molecule has 0 atom stereocenters. The molecule has 76 valence electrons. The zero-order valence-electron chi connectivity index (χ0n) is 7.42. The Balaban J connectivity index is 2.73. The van der Waals surface area contributed by atoms with Gasteiger partial charge in [-0.2, -0.15) is 4.39 Å². The van der Waals surface area contributed by atoms with E-state index in [2.05, 4.69) is 4.74 Å². The smallest absolute Gasteiger partial charge is 0.367 e. The molecule has 14 heavy (non-hydrogen) atoms. The van der Waals surface area contributed by atoms with Crippen molar-refractivity contribution < 1.29 is 13.9 Å². The first-order valence-electron chi connectivity index (χ1n) is 3.93. The lowest BCUT2D eigenvalue weighted by Gasteiger charge is -1.96. The van der Waals surface area contributed by atoms with E-state index in [0.29, 0.717) is 9.21 Å². The van der Waals surface area contributed by atoms with Crippen molar-refractivity contribution in [3.8, 4) is 0 Å². The Morgan fingerprint density at radius 2 is 2.43 bits per heavy atom. The predicted octanol–water partition coefficient (Wildman–Crippen LogP) is 3.28. The molecule has 0 unspecified atom stereocenters. The third-order valence-corrected chi connectivity index (χ3v) is 2.51. The minimum Gasteiger partial charge on any atom is -0.461 e. The highest BCUT2D eigenvalue weighted by atomic mass is 35.5. The summed E-state index contributed by atoms with van der Waals surface area (Å²) in [7, 11) is 0. The Hall–Kier alpha value is -0.870.